The molecular formula is C6H10O4. The largest absolute Gasteiger partial charge is 0.479 e. The first-order valence-electron chi connectivity index (χ1n) is 3.04. The van der Waals surface area contributed by atoms with Gasteiger partial charge in [-0.25, -0.2) is 4.79 Å². The summed E-state index contributed by atoms with van der Waals surface area (Å²) < 4.78 is 4.26. The smallest absolute Gasteiger partial charge is 0.345 e. The lowest BCUT2D eigenvalue weighted by Crippen LogP contribution is -2.22. The van der Waals surface area contributed by atoms with E-state index in [-0.39, 0.29) is 6.47 Å². The van der Waals surface area contributed by atoms with Crippen LogP contribution in [0.1, 0.15) is 19.8 Å². The molecule has 1 N–H and O–H groups in total. The van der Waals surface area contributed by atoms with Gasteiger partial charge < -0.3 is 9.84 Å². The Morgan fingerprint density at radius 2 is 2.40 bits per heavy atom. The number of carbonyl (C=O) groups is 2. The maximum atomic E-state index is 10.2. The molecule has 0 aromatic heterocycles. The summed E-state index contributed by atoms with van der Waals surface area (Å²) in [6.07, 6.45) is 0.0845. The van der Waals surface area contributed by atoms with Crippen molar-refractivity contribution in [3.8, 4) is 0 Å². The SMILES string of the molecule is CCCC(OC=O)C(=O)O. The molecular weight excluding hydrogens is 136 g/mol. The third kappa shape index (κ3) is 3.06. The van der Waals surface area contributed by atoms with Crippen LogP contribution in [0.15, 0.2) is 0 Å². The molecule has 0 aromatic carbocycles. The third-order valence-corrected chi connectivity index (χ3v) is 1.05. The van der Waals surface area contributed by atoms with Gasteiger partial charge in [0.2, 0.25) is 0 Å². The normalized spacial score (nSPS) is 12.1. The summed E-state index contributed by atoms with van der Waals surface area (Å²) in [5, 5.41) is 8.35. The highest BCUT2D eigenvalue weighted by atomic mass is 16.5. The van der Waals surface area contributed by atoms with Crippen LogP contribution in [0, 0.1) is 0 Å². The lowest BCUT2D eigenvalue weighted by Gasteiger charge is -2.06. The predicted octanol–water partition coefficient (Wildman–Crippen LogP) is 0.413. The van der Waals surface area contributed by atoms with E-state index < -0.39 is 12.1 Å². The molecule has 0 spiro atoms. The van der Waals surface area contributed by atoms with Crippen molar-refractivity contribution in [1.29, 1.82) is 0 Å². The fourth-order valence-electron chi connectivity index (χ4n) is 0.579. The standard InChI is InChI=1S/C6H10O4/c1-2-3-5(6(8)9)10-4-7/h4-5H,2-3H2,1H3,(H,8,9). The first kappa shape index (κ1) is 8.94. The van der Waals surface area contributed by atoms with Crippen LogP contribution in [-0.2, 0) is 14.3 Å². The number of aliphatic carboxylic acids is 1. The van der Waals surface area contributed by atoms with Gasteiger partial charge in [0, 0.05) is 0 Å². The molecule has 1 atom stereocenters. The summed E-state index contributed by atoms with van der Waals surface area (Å²) in [7, 11) is 0. The molecule has 58 valence electrons. The van der Waals surface area contributed by atoms with E-state index in [4.69, 9.17) is 5.11 Å². The van der Waals surface area contributed by atoms with E-state index in [9.17, 15) is 9.59 Å². The molecule has 10 heavy (non-hydrogen) atoms. The van der Waals surface area contributed by atoms with Crippen LogP contribution < -0.4 is 0 Å². The van der Waals surface area contributed by atoms with Crippen molar-refractivity contribution in [3.63, 3.8) is 0 Å². The van der Waals surface area contributed by atoms with Crippen molar-refractivity contribution in [2.24, 2.45) is 0 Å². The van der Waals surface area contributed by atoms with E-state index >= 15 is 0 Å². The van der Waals surface area contributed by atoms with Crippen LogP contribution in [0.25, 0.3) is 0 Å². The molecule has 0 aliphatic carbocycles. The molecule has 0 aliphatic heterocycles. The molecule has 0 radical (unpaired) electrons. The van der Waals surface area contributed by atoms with E-state index in [0.29, 0.717) is 12.8 Å². The zero-order valence-electron chi connectivity index (χ0n) is 5.74. The zero-order valence-corrected chi connectivity index (χ0v) is 5.74. The Kier molecular flexibility index (Phi) is 4.28. The molecule has 4 nitrogen and oxygen atoms in total. The van der Waals surface area contributed by atoms with Crippen LogP contribution in [0.3, 0.4) is 0 Å². The third-order valence-electron chi connectivity index (χ3n) is 1.05. The number of rotatable bonds is 5. The molecule has 0 fully saturated rings. The maximum Gasteiger partial charge on any atom is 0.345 e. The Morgan fingerprint density at radius 1 is 1.80 bits per heavy atom. The van der Waals surface area contributed by atoms with Gasteiger partial charge in [-0.2, -0.15) is 0 Å². The van der Waals surface area contributed by atoms with Crippen molar-refractivity contribution >= 4 is 12.4 Å². The minimum Gasteiger partial charge on any atom is -0.479 e. The van der Waals surface area contributed by atoms with Gasteiger partial charge in [-0.3, -0.25) is 4.79 Å². The number of carbonyl (C=O) groups excluding carboxylic acids is 1. The van der Waals surface area contributed by atoms with Crippen LogP contribution >= 0.6 is 0 Å². The average Bonchev–Trinajstić information content (AvgIpc) is 1.87. The van der Waals surface area contributed by atoms with Crippen LogP contribution in [0.4, 0.5) is 0 Å². The van der Waals surface area contributed by atoms with Crippen molar-refractivity contribution in [2.75, 3.05) is 0 Å². The van der Waals surface area contributed by atoms with Crippen LogP contribution in [-0.4, -0.2) is 23.7 Å². The summed E-state index contributed by atoms with van der Waals surface area (Å²) in [6, 6.07) is 0. The zero-order chi connectivity index (χ0) is 7.98. The van der Waals surface area contributed by atoms with Crippen molar-refractivity contribution in [3.05, 3.63) is 0 Å². The fourth-order valence-corrected chi connectivity index (χ4v) is 0.579. The summed E-state index contributed by atoms with van der Waals surface area (Å²) in [5.74, 6) is -1.09. The van der Waals surface area contributed by atoms with E-state index in [1.807, 2.05) is 6.92 Å². The highest BCUT2D eigenvalue weighted by Gasteiger charge is 2.15. The number of hydrogen-bond acceptors (Lipinski definition) is 3. The first-order chi connectivity index (χ1) is 4.72. The van der Waals surface area contributed by atoms with Crippen LogP contribution in [0.5, 0.6) is 0 Å². The van der Waals surface area contributed by atoms with E-state index in [1.54, 1.807) is 0 Å². The molecule has 4 heteroatoms. The minimum absolute atomic E-state index is 0.161. The Labute approximate surface area is 58.8 Å². The number of carboxylic acid groups (broad SMARTS) is 1. The molecule has 0 bridgehead atoms. The van der Waals surface area contributed by atoms with Gasteiger partial charge in [-0.15, -0.1) is 0 Å². The van der Waals surface area contributed by atoms with Gasteiger partial charge in [0.05, 0.1) is 0 Å². The van der Waals surface area contributed by atoms with Gasteiger partial charge in [-0.1, -0.05) is 13.3 Å². The average molecular weight is 146 g/mol. The molecule has 1 unspecified atom stereocenters. The number of ether oxygens (including phenoxy) is 1. The Bertz CT molecular complexity index is 121. The molecule has 0 rings (SSSR count). The molecule has 0 amide bonds. The Morgan fingerprint density at radius 3 is 2.70 bits per heavy atom. The second-order valence-electron chi connectivity index (χ2n) is 1.85. The monoisotopic (exact) mass is 146 g/mol. The number of carboxylic acids is 1. The quantitative estimate of drug-likeness (QED) is 0.570. The second-order valence-corrected chi connectivity index (χ2v) is 1.85. The topological polar surface area (TPSA) is 63.6 Å². The summed E-state index contributed by atoms with van der Waals surface area (Å²) >= 11 is 0. The predicted molar refractivity (Wildman–Crippen MR) is 33.5 cm³/mol. The van der Waals surface area contributed by atoms with E-state index in [0.717, 1.165) is 0 Å². The van der Waals surface area contributed by atoms with Crippen LogP contribution in [0.2, 0.25) is 0 Å². The van der Waals surface area contributed by atoms with Gasteiger partial charge >= 0.3 is 5.97 Å². The highest BCUT2D eigenvalue weighted by molar-refractivity contribution is 5.73. The van der Waals surface area contributed by atoms with Gasteiger partial charge in [0.25, 0.3) is 6.47 Å². The molecule has 0 saturated heterocycles. The molecule has 0 aromatic rings. The van der Waals surface area contributed by atoms with E-state index in [2.05, 4.69) is 4.74 Å². The number of hydrogen-bond donors (Lipinski definition) is 1. The van der Waals surface area contributed by atoms with Gasteiger partial charge in [-0.05, 0) is 6.42 Å². The minimum atomic E-state index is -1.09. The lowest BCUT2D eigenvalue weighted by molar-refractivity contribution is -0.156. The van der Waals surface area contributed by atoms with Crippen molar-refractivity contribution < 1.29 is 19.4 Å². The molecule has 0 aliphatic rings. The summed E-state index contributed by atoms with van der Waals surface area (Å²) in [4.78, 5) is 19.9. The molecule has 0 heterocycles. The summed E-state index contributed by atoms with van der Waals surface area (Å²) in [5.41, 5.74) is 0. The second kappa shape index (κ2) is 4.78. The fraction of sp³-hybridized carbons (Fsp3) is 0.667. The highest BCUT2D eigenvalue weighted by Crippen LogP contribution is 1.99. The Balaban J connectivity index is 3.71. The van der Waals surface area contributed by atoms with Crippen molar-refractivity contribution in [2.45, 2.75) is 25.9 Å². The summed E-state index contributed by atoms with van der Waals surface area (Å²) in [6.45, 7) is 1.98. The Hall–Kier alpha value is -1.06. The van der Waals surface area contributed by atoms with Gasteiger partial charge in [0.1, 0.15) is 0 Å². The molecule has 0 saturated carbocycles. The first-order valence-corrected chi connectivity index (χ1v) is 3.04. The van der Waals surface area contributed by atoms with Crippen molar-refractivity contribution in [1.82, 2.24) is 0 Å². The van der Waals surface area contributed by atoms with Gasteiger partial charge in [0.15, 0.2) is 6.10 Å². The van der Waals surface area contributed by atoms with E-state index in [1.165, 1.54) is 0 Å². The lowest BCUT2D eigenvalue weighted by atomic mass is 10.2. The maximum absolute atomic E-state index is 10.2.